The Morgan fingerprint density at radius 2 is 2.19 bits per heavy atom. The van der Waals surface area contributed by atoms with Crippen LogP contribution in [-0.4, -0.2) is 36.2 Å². The molecule has 27 heavy (non-hydrogen) atoms. The number of aliphatic imine (C=N–C) groups is 1. The fourth-order valence-corrected chi connectivity index (χ4v) is 5.07. The van der Waals surface area contributed by atoms with Crippen molar-refractivity contribution in [3.8, 4) is 0 Å². The number of hydrogen-bond donors (Lipinski definition) is 1. The average Bonchev–Trinajstić information content (AvgIpc) is 3.03. The molecule has 8 heteroatoms. The molecule has 2 aliphatic heterocycles. The van der Waals surface area contributed by atoms with Gasteiger partial charge in [0.15, 0.2) is 0 Å². The Kier molecular flexibility index (Phi) is 5.29. The topological polar surface area (TPSA) is 72.8 Å². The van der Waals surface area contributed by atoms with Crippen LogP contribution in [0.1, 0.15) is 35.1 Å². The van der Waals surface area contributed by atoms with E-state index < -0.39 is 5.54 Å². The lowest BCUT2D eigenvalue weighted by molar-refractivity contribution is -0.0540. The first-order valence-electron chi connectivity index (χ1n) is 8.89. The number of thiazole rings is 1. The van der Waals surface area contributed by atoms with Crippen LogP contribution < -0.4 is 5.32 Å². The molecule has 1 saturated heterocycles. The van der Waals surface area contributed by atoms with Crippen LogP contribution in [0, 0.1) is 5.92 Å². The number of nitrogens with one attached hydrogen (secondary N) is 1. The molecule has 0 aliphatic carbocycles. The molecule has 0 bridgehead atoms. The molecule has 4 rings (SSSR count). The van der Waals surface area contributed by atoms with Crippen LogP contribution in [0.4, 0.5) is 0 Å². The van der Waals surface area contributed by atoms with Crippen LogP contribution in [0.25, 0.3) is 0 Å². The Balaban J connectivity index is 1.69. The van der Waals surface area contributed by atoms with E-state index in [1.807, 2.05) is 23.6 Å². The van der Waals surface area contributed by atoms with E-state index in [0.717, 1.165) is 22.5 Å². The molecule has 1 aromatic heterocycles. The largest absolute Gasteiger partial charge is 0.465 e. The molecule has 0 unspecified atom stereocenters. The van der Waals surface area contributed by atoms with Gasteiger partial charge in [-0.25, -0.2) is 9.98 Å². The van der Waals surface area contributed by atoms with Crippen molar-refractivity contribution in [2.24, 2.45) is 10.9 Å². The maximum atomic E-state index is 12.6. The van der Waals surface area contributed by atoms with Gasteiger partial charge in [-0.2, -0.15) is 0 Å². The fourth-order valence-electron chi connectivity index (χ4n) is 3.60. The lowest BCUT2D eigenvalue weighted by atomic mass is 9.78. The minimum Gasteiger partial charge on any atom is -0.465 e. The van der Waals surface area contributed by atoms with Crippen molar-refractivity contribution < 1.29 is 14.3 Å². The third kappa shape index (κ3) is 3.79. The lowest BCUT2D eigenvalue weighted by Gasteiger charge is -2.40. The van der Waals surface area contributed by atoms with E-state index in [1.54, 1.807) is 23.5 Å². The number of amides is 1. The van der Waals surface area contributed by atoms with Crippen LogP contribution in [0.5, 0.6) is 0 Å². The Morgan fingerprint density at radius 1 is 1.37 bits per heavy atom. The minimum absolute atomic E-state index is 0.169. The third-order valence-electron chi connectivity index (χ3n) is 4.99. The molecular formula is C19H20BrN3O3S. The first-order valence-corrected chi connectivity index (χ1v) is 10.6. The van der Waals surface area contributed by atoms with Crippen molar-refractivity contribution in [3.63, 3.8) is 0 Å². The summed E-state index contributed by atoms with van der Waals surface area (Å²) in [5, 5.41) is 5.64. The monoisotopic (exact) mass is 449 g/mol. The van der Waals surface area contributed by atoms with E-state index in [9.17, 15) is 4.79 Å². The molecule has 1 aromatic carbocycles. The van der Waals surface area contributed by atoms with E-state index in [2.05, 4.69) is 33.2 Å². The van der Waals surface area contributed by atoms with E-state index in [-0.39, 0.29) is 24.0 Å². The quantitative estimate of drug-likeness (QED) is 0.757. The van der Waals surface area contributed by atoms with Crippen LogP contribution in [0.3, 0.4) is 0 Å². The van der Waals surface area contributed by atoms with Crippen LogP contribution >= 0.6 is 27.3 Å². The molecule has 2 aromatic rings. The number of benzene rings is 1. The number of amidine groups is 1. The number of carbonyl (C=O) groups excluding carboxylic acids is 1. The molecule has 0 radical (unpaired) electrons. The summed E-state index contributed by atoms with van der Waals surface area (Å²) in [5.41, 5.74) is -0.0805. The maximum absolute atomic E-state index is 12.6. The molecule has 3 atom stereocenters. The number of carbonyl (C=O) groups is 1. The summed E-state index contributed by atoms with van der Waals surface area (Å²) in [6.07, 6.45) is 1.88. The highest BCUT2D eigenvalue weighted by molar-refractivity contribution is 9.10. The van der Waals surface area contributed by atoms with Gasteiger partial charge in [-0.15, -0.1) is 11.3 Å². The Hall–Kier alpha value is -1.77. The normalized spacial score (nSPS) is 27.7. The molecule has 6 nitrogen and oxygen atoms in total. The minimum atomic E-state index is -0.640. The second kappa shape index (κ2) is 7.69. The van der Waals surface area contributed by atoms with Gasteiger partial charge in [0.1, 0.15) is 15.1 Å². The van der Waals surface area contributed by atoms with Crippen molar-refractivity contribution in [1.29, 1.82) is 0 Å². The number of rotatable bonds is 2. The zero-order chi connectivity index (χ0) is 18.9. The van der Waals surface area contributed by atoms with Gasteiger partial charge in [0.25, 0.3) is 11.9 Å². The van der Waals surface area contributed by atoms with Gasteiger partial charge >= 0.3 is 0 Å². The SMILES string of the molecule is C[C@H]1C[C@H]2CCOC(NC(=O)c3ccccc3)=N[C@@]2(c2nc(Br)cs2)CO1. The molecule has 3 heterocycles. The third-order valence-corrected chi connectivity index (χ3v) is 6.71. The van der Waals surface area contributed by atoms with Gasteiger partial charge in [-0.05, 0) is 53.7 Å². The van der Waals surface area contributed by atoms with Gasteiger partial charge < -0.3 is 9.47 Å². The van der Waals surface area contributed by atoms with Crippen LogP contribution in [-0.2, 0) is 15.0 Å². The zero-order valence-corrected chi connectivity index (χ0v) is 17.3. The van der Waals surface area contributed by atoms with Gasteiger partial charge in [0.2, 0.25) is 0 Å². The van der Waals surface area contributed by atoms with Gasteiger partial charge in [0, 0.05) is 10.9 Å². The first kappa shape index (κ1) is 18.6. The van der Waals surface area contributed by atoms with Crippen LogP contribution in [0.2, 0.25) is 0 Å². The smallest absolute Gasteiger partial charge is 0.292 e. The van der Waals surface area contributed by atoms with Crippen molar-refractivity contribution in [2.75, 3.05) is 13.2 Å². The van der Waals surface area contributed by atoms with Gasteiger partial charge in [0.05, 0.1) is 19.3 Å². The molecule has 1 fully saturated rings. The summed E-state index contributed by atoms with van der Waals surface area (Å²) in [4.78, 5) is 22.1. The highest BCUT2D eigenvalue weighted by Gasteiger charge is 2.49. The highest BCUT2D eigenvalue weighted by atomic mass is 79.9. The summed E-state index contributed by atoms with van der Waals surface area (Å²) >= 11 is 4.99. The van der Waals surface area contributed by atoms with E-state index in [4.69, 9.17) is 14.5 Å². The molecule has 142 valence electrons. The standard InChI is InChI=1S/C19H20BrN3O3S/c1-12-9-14-7-8-25-18(22-16(24)13-5-3-2-4-6-13)23-19(14,11-26-12)17-21-15(20)10-27-17/h2-6,10,12,14H,7-9,11H2,1H3,(H,22,23,24)/t12-,14+,19-/m0/s1. The summed E-state index contributed by atoms with van der Waals surface area (Å²) in [5.74, 6) is -0.00112. The summed E-state index contributed by atoms with van der Waals surface area (Å²) in [6.45, 7) is 3.00. The van der Waals surface area contributed by atoms with Gasteiger partial charge in [-0.3, -0.25) is 10.1 Å². The fraction of sp³-hybridized carbons (Fsp3) is 0.421. The van der Waals surface area contributed by atoms with Crippen molar-refractivity contribution in [2.45, 2.75) is 31.4 Å². The predicted octanol–water partition coefficient (Wildman–Crippen LogP) is 3.73. The molecule has 2 aliphatic rings. The summed E-state index contributed by atoms with van der Waals surface area (Å²) in [7, 11) is 0. The number of ether oxygens (including phenoxy) is 2. The summed E-state index contributed by atoms with van der Waals surface area (Å²) in [6, 6.07) is 9.27. The van der Waals surface area contributed by atoms with E-state index >= 15 is 0 Å². The van der Waals surface area contributed by atoms with Crippen molar-refractivity contribution in [1.82, 2.24) is 10.3 Å². The van der Waals surface area contributed by atoms with Crippen LogP contribution in [0.15, 0.2) is 45.3 Å². The molecule has 0 spiro atoms. The predicted molar refractivity (Wildman–Crippen MR) is 107 cm³/mol. The van der Waals surface area contributed by atoms with Crippen molar-refractivity contribution in [3.05, 3.63) is 50.9 Å². The van der Waals surface area contributed by atoms with E-state index in [0.29, 0.717) is 18.8 Å². The Labute approximate surface area is 170 Å². The molecular weight excluding hydrogens is 430 g/mol. The molecule has 0 saturated carbocycles. The number of nitrogens with zero attached hydrogens (tertiary/aromatic N) is 2. The van der Waals surface area contributed by atoms with E-state index in [1.165, 1.54) is 0 Å². The number of aromatic nitrogens is 1. The molecule has 1 amide bonds. The Bertz CT molecular complexity index is 857. The highest BCUT2D eigenvalue weighted by Crippen LogP contribution is 2.45. The van der Waals surface area contributed by atoms with Gasteiger partial charge in [-0.1, -0.05) is 18.2 Å². The lowest BCUT2D eigenvalue weighted by Crippen LogP contribution is -2.46. The zero-order valence-electron chi connectivity index (χ0n) is 14.9. The summed E-state index contributed by atoms with van der Waals surface area (Å²) < 4.78 is 12.6. The molecule has 1 N–H and O–H groups in total. The number of halogens is 1. The van der Waals surface area contributed by atoms with Crippen molar-refractivity contribution >= 4 is 39.2 Å². The Morgan fingerprint density at radius 3 is 2.93 bits per heavy atom. The number of hydrogen-bond acceptors (Lipinski definition) is 6. The second-order valence-electron chi connectivity index (χ2n) is 6.83. The second-order valence-corrected chi connectivity index (χ2v) is 8.50. The first-order chi connectivity index (χ1) is 13.1. The number of fused-ring (bicyclic) bond motifs is 1. The maximum Gasteiger partial charge on any atom is 0.292 e. The average molecular weight is 450 g/mol.